The Hall–Kier alpha value is -2.82. The van der Waals surface area contributed by atoms with Crippen LogP contribution in [0.5, 0.6) is 5.75 Å². The van der Waals surface area contributed by atoms with Crippen molar-refractivity contribution < 1.29 is 9.53 Å². The first-order chi connectivity index (χ1) is 12.7. The van der Waals surface area contributed by atoms with Crippen LogP contribution in [-0.2, 0) is 11.3 Å². The van der Waals surface area contributed by atoms with Gasteiger partial charge in [-0.15, -0.1) is 0 Å². The van der Waals surface area contributed by atoms with Crippen molar-refractivity contribution in [1.82, 2.24) is 9.55 Å². The van der Waals surface area contributed by atoms with E-state index in [0.29, 0.717) is 19.6 Å². The van der Waals surface area contributed by atoms with Gasteiger partial charge in [-0.25, -0.2) is 4.98 Å². The van der Waals surface area contributed by atoms with Crippen LogP contribution < -0.4 is 9.64 Å². The van der Waals surface area contributed by atoms with E-state index in [0.717, 1.165) is 34.8 Å². The first-order valence-electron chi connectivity index (χ1n) is 9.20. The number of benzene rings is 2. The van der Waals surface area contributed by atoms with Crippen molar-refractivity contribution in [2.24, 2.45) is 0 Å². The third-order valence-corrected chi connectivity index (χ3v) is 4.95. The van der Waals surface area contributed by atoms with Crippen LogP contribution in [-0.4, -0.2) is 28.6 Å². The van der Waals surface area contributed by atoms with E-state index in [9.17, 15) is 4.79 Å². The molecule has 0 spiro atoms. The maximum absolute atomic E-state index is 12.8. The number of para-hydroxylation sites is 4. The minimum atomic E-state index is 0.0875. The molecule has 0 saturated carbocycles. The van der Waals surface area contributed by atoms with Crippen LogP contribution in [0.2, 0.25) is 0 Å². The minimum Gasteiger partial charge on any atom is -0.492 e. The molecule has 0 bridgehead atoms. The average molecular weight is 349 g/mol. The van der Waals surface area contributed by atoms with Crippen molar-refractivity contribution >= 4 is 22.6 Å². The molecule has 26 heavy (non-hydrogen) atoms. The number of hydrogen-bond acceptors (Lipinski definition) is 3. The SMILES string of the molecule is CCOc1ccccc1N1CC(c2nc3ccccc3n2CC)CC1=O. The molecule has 1 aliphatic rings. The molecule has 3 aromatic rings. The van der Waals surface area contributed by atoms with Crippen molar-refractivity contribution in [3.05, 3.63) is 54.4 Å². The topological polar surface area (TPSA) is 47.4 Å². The molecular weight excluding hydrogens is 326 g/mol. The van der Waals surface area contributed by atoms with Crippen LogP contribution in [0.25, 0.3) is 11.0 Å². The predicted molar refractivity (Wildman–Crippen MR) is 103 cm³/mol. The van der Waals surface area contributed by atoms with Crippen molar-refractivity contribution in [2.45, 2.75) is 32.7 Å². The Bertz CT molecular complexity index is 947. The Balaban J connectivity index is 1.69. The molecule has 0 radical (unpaired) electrons. The lowest BCUT2D eigenvalue weighted by Gasteiger charge is -2.20. The van der Waals surface area contributed by atoms with Crippen molar-refractivity contribution in [3.8, 4) is 5.75 Å². The van der Waals surface area contributed by atoms with E-state index in [-0.39, 0.29) is 11.8 Å². The number of imidazole rings is 1. The Labute approximate surface area is 153 Å². The van der Waals surface area contributed by atoms with Gasteiger partial charge >= 0.3 is 0 Å². The molecule has 1 unspecified atom stereocenters. The lowest BCUT2D eigenvalue weighted by molar-refractivity contribution is -0.117. The highest BCUT2D eigenvalue weighted by atomic mass is 16.5. The van der Waals surface area contributed by atoms with Gasteiger partial charge in [-0.3, -0.25) is 4.79 Å². The van der Waals surface area contributed by atoms with Crippen LogP contribution in [0.1, 0.15) is 32.0 Å². The standard InChI is InChI=1S/C21H23N3O2/c1-3-23-17-10-6-5-9-16(17)22-21(23)15-13-20(25)24(14-15)18-11-7-8-12-19(18)26-4-2/h5-12,15H,3-4,13-14H2,1-2H3. The van der Waals surface area contributed by atoms with Crippen LogP contribution in [0.3, 0.4) is 0 Å². The number of hydrogen-bond donors (Lipinski definition) is 0. The molecule has 1 aromatic heterocycles. The van der Waals surface area contributed by atoms with Gasteiger partial charge in [0.15, 0.2) is 0 Å². The van der Waals surface area contributed by atoms with Gasteiger partial charge in [0.2, 0.25) is 5.91 Å². The highest BCUT2D eigenvalue weighted by molar-refractivity contribution is 5.97. The maximum atomic E-state index is 12.8. The molecule has 134 valence electrons. The van der Waals surface area contributed by atoms with Crippen LogP contribution in [0.15, 0.2) is 48.5 Å². The molecule has 1 aliphatic heterocycles. The normalized spacial score (nSPS) is 17.2. The minimum absolute atomic E-state index is 0.0875. The summed E-state index contributed by atoms with van der Waals surface area (Å²) >= 11 is 0. The molecule has 1 amide bonds. The molecule has 0 aliphatic carbocycles. The summed E-state index contributed by atoms with van der Waals surface area (Å²) in [6.45, 7) is 6.13. The molecule has 1 saturated heterocycles. The Morgan fingerprint density at radius 3 is 2.69 bits per heavy atom. The van der Waals surface area contributed by atoms with Gasteiger partial charge < -0.3 is 14.2 Å². The lowest BCUT2D eigenvalue weighted by Crippen LogP contribution is -2.25. The molecule has 4 rings (SSSR count). The second-order valence-corrected chi connectivity index (χ2v) is 6.51. The first kappa shape index (κ1) is 16.6. The average Bonchev–Trinajstić information content (AvgIpc) is 3.22. The number of aromatic nitrogens is 2. The molecule has 2 aromatic carbocycles. The zero-order valence-corrected chi connectivity index (χ0v) is 15.2. The van der Waals surface area contributed by atoms with E-state index in [1.165, 1.54) is 0 Å². The largest absolute Gasteiger partial charge is 0.492 e. The first-order valence-corrected chi connectivity index (χ1v) is 9.20. The number of ether oxygens (including phenoxy) is 1. The fraction of sp³-hybridized carbons (Fsp3) is 0.333. The molecule has 2 heterocycles. The summed E-state index contributed by atoms with van der Waals surface area (Å²) in [4.78, 5) is 19.4. The van der Waals surface area contributed by atoms with Crippen LogP contribution >= 0.6 is 0 Å². The predicted octanol–water partition coefficient (Wildman–Crippen LogP) is 3.98. The summed E-state index contributed by atoms with van der Waals surface area (Å²) < 4.78 is 7.94. The van der Waals surface area contributed by atoms with Crippen molar-refractivity contribution in [3.63, 3.8) is 0 Å². The number of anilines is 1. The van der Waals surface area contributed by atoms with Crippen LogP contribution in [0.4, 0.5) is 5.69 Å². The quantitative estimate of drug-likeness (QED) is 0.700. The highest BCUT2D eigenvalue weighted by Gasteiger charge is 2.35. The van der Waals surface area contributed by atoms with E-state index in [1.807, 2.05) is 54.3 Å². The summed E-state index contributed by atoms with van der Waals surface area (Å²) in [7, 11) is 0. The zero-order valence-electron chi connectivity index (χ0n) is 15.2. The summed E-state index contributed by atoms with van der Waals surface area (Å²) in [6, 6.07) is 15.9. The molecule has 1 atom stereocenters. The van der Waals surface area contributed by atoms with Gasteiger partial charge in [0.1, 0.15) is 11.6 Å². The van der Waals surface area contributed by atoms with Crippen molar-refractivity contribution in [2.75, 3.05) is 18.1 Å². The van der Waals surface area contributed by atoms with E-state index in [4.69, 9.17) is 9.72 Å². The van der Waals surface area contributed by atoms with Crippen LogP contribution in [0, 0.1) is 0 Å². The number of fused-ring (bicyclic) bond motifs is 1. The number of carbonyl (C=O) groups is 1. The third-order valence-electron chi connectivity index (χ3n) is 4.95. The number of nitrogens with zero attached hydrogens (tertiary/aromatic N) is 3. The van der Waals surface area contributed by atoms with Gasteiger partial charge in [0, 0.05) is 25.4 Å². The fourth-order valence-corrected chi connectivity index (χ4v) is 3.81. The summed E-state index contributed by atoms with van der Waals surface area (Å²) in [6.07, 6.45) is 0.476. The van der Waals surface area contributed by atoms with Gasteiger partial charge in [-0.2, -0.15) is 0 Å². The number of rotatable bonds is 5. The van der Waals surface area contributed by atoms with Gasteiger partial charge in [0.05, 0.1) is 23.3 Å². The molecule has 5 nitrogen and oxygen atoms in total. The second kappa shape index (κ2) is 6.83. The van der Waals surface area contributed by atoms with E-state index < -0.39 is 0 Å². The monoisotopic (exact) mass is 349 g/mol. The molecule has 1 fully saturated rings. The summed E-state index contributed by atoms with van der Waals surface area (Å²) in [5.74, 6) is 1.97. The summed E-state index contributed by atoms with van der Waals surface area (Å²) in [5.41, 5.74) is 2.97. The number of amides is 1. The maximum Gasteiger partial charge on any atom is 0.227 e. The molecular formula is C21H23N3O2. The number of carbonyl (C=O) groups excluding carboxylic acids is 1. The fourth-order valence-electron chi connectivity index (χ4n) is 3.81. The Kier molecular flexibility index (Phi) is 4.37. The van der Waals surface area contributed by atoms with E-state index in [1.54, 1.807) is 0 Å². The van der Waals surface area contributed by atoms with E-state index in [2.05, 4.69) is 17.6 Å². The van der Waals surface area contributed by atoms with E-state index >= 15 is 0 Å². The van der Waals surface area contributed by atoms with Gasteiger partial charge in [-0.05, 0) is 38.1 Å². The van der Waals surface area contributed by atoms with Gasteiger partial charge in [-0.1, -0.05) is 24.3 Å². The smallest absolute Gasteiger partial charge is 0.227 e. The third kappa shape index (κ3) is 2.73. The Morgan fingerprint density at radius 1 is 1.12 bits per heavy atom. The second-order valence-electron chi connectivity index (χ2n) is 6.51. The Morgan fingerprint density at radius 2 is 1.88 bits per heavy atom. The number of aryl methyl sites for hydroxylation is 1. The highest BCUT2D eigenvalue weighted by Crippen LogP contribution is 2.37. The summed E-state index contributed by atoms with van der Waals surface area (Å²) in [5, 5.41) is 0. The van der Waals surface area contributed by atoms with Crippen molar-refractivity contribution in [1.29, 1.82) is 0 Å². The zero-order chi connectivity index (χ0) is 18.1. The molecule has 5 heteroatoms. The van der Waals surface area contributed by atoms with Gasteiger partial charge in [0.25, 0.3) is 0 Å². The molecule has 0 N–H and O–H groups in total. The lowest BCUT2D eigenvalue weighted by atomic mass is 10.1.